The molecule has 1 aromatic heterocycles. The molecule has 29 heavy (non-hydrogen) atoms. The van der Waals surface area contributed by atoms with Crippen molar-refractivity contribution < 1.29 is 9.53 Å². The minimum atomic E-state index is 0.0841. The molecule has 1 saturated heterocycles. The van der Waals surface area contributed by atoms with E-state index in [1.807, 2.05) is 64.9 Å². The second-order valence-corrected chi connectivity index (χ2v) is 8.14. The molecule has 1 fully saturated rings. The first-order chi connectivity index (χ1) is 14.1. The van der Waals surface area contributed by atoms with E-state index in [9.17, 15) is 4.79 Å². The Bertz CT molecular complexity index is 983. The van der Waals surface area contributed by atoms with Gasteiger partial charge in [0.1, 0.15) is 0 Å². The van der Waals surface area contributed by atoms with Gasteiger partial charge in [0.25, 0.3) is 0 Å². The number of halogens is 1. The number of thioether (sulfide) groups is 1. The van der Waals surface area contributed by atoms with E-state index >= 15 is 0 Å². The van der Waals surface area contributed by atoms with E-state index in [1.54, 1.807) is 0 Å². The largest absolute Gasteiger partial charge is 0.378 e. The van der Waals surface area contributed by atoms with Gasteiger partial charge in [0.15, 0.2) is 11.0 Å². The Balaban J connectivity index is 1.63. The number of aryl methyl sites for hydroxylation is 1. The van der Waals surface area contributed by atoms with Crippen molar-refractivity contribution in [1.29, 1.82) is 0 Å². The first kappa shape index (κ1) is 19.9. The lowest BCUT2D eigenvalue weighted by molar-refractivity contribution is -0.132. The van der Waals surface area contributed by atoms with Crippen LogP contribution in [0.4, 0.5) is 0 Å². The second-order valence-electron chi connectivity index (χ2n) is 6.77. The number of amides is 1. The van der Waals surface area contributed by atoms with Gasteiger partial charge < -0.3 is 9.64 Å². The SMILES string of the molecule is Cc1ccc(-c2nnc(SCC(=O)N3CCOCC3)n2-c2ccc(Cl)cc2)cc1. The van der Waals surface area contributed by atoms with Gasteiger partial charge in [-0.15, -0.1) is 10.2 Å². The van der Waals surface area contributed by atoms with E-state index in [0.29, 0.717) is 42.2 Å². The summed E-state index contributed by atoms with van der Waals surface area (Å²) in [6.45, 7) is 4.51. The van der Waals surface area contributed by atoms with E-state index in [0.717, 1.165) is 17.1 Å². The van der Waals surface area contributed by atoms with Crippen molar-refractivity contribution in [3.63, 3.8) is 0 Å². The number of aromatic nitrogens is 3. The Hall–Kier alpha value is -2.35. The monoisotopic (exact) mass is 428 g/mol. The number of carbonyl (C=O) groups is 1. The van der Waals surface area contributed by atoms with E-state index in [4.69, 9.17) is 16.3 Å². The lowest BCUT2D eigenvalue weighted by Gasteiger charge is -2.26. The first-order valence-electron chi connectivity index (χ1n) is 9.38. The van der Waals surface area contributed by atoms with Crippen LogP contribution in [0.15, 0.2) is 53.7 Å². The molecule has 1 amide bonds. The molecule has 0 N–H and O–H groups in total. The number of carbonyl (C=O) groups excluding carboxylic acids is 1. The maximum atomic E-state index is 12.6. The van der Waals surface area contributed by atoms with E-state index in [1.165, 1.54) is 17.3 Å². The molecular weight excluding hydrogens is 408 g/mol. The van der Waals surface area contributed by atoms with Crippen molar-refractivity contribution in [2.45, 2.75) is 12.1 Å². The lowest BCUT2D eigenvalue weighted by Crippen LogP contribution is -2.41. The predicted octanol–water partition coefficient (Wildman–Crippen LogP) is 3.85. The highest BCUT2D eigenvalue weighted by Crippen LogP contribution is 2.29. The average Bonchev–Trinajstić information content (AvgIpc) is 3.17. The lowest BCUT2D eigenvalue weighted by atomic mass is 10.1. The number of rotatable bonds is 5. The highest BCUT2D eigenvalue weighted by molar-refractivity contribution is 7.99. The highest BCUT2D eigenvalue weighted by Gasteiger charge is 2.20. The molecule has 0 bridgehead atoms. The van der Waals surface area contributed by atoms with Crippen molar-refractivity contribution in [2.75, 3.05) is 32.1 Å². The molecule has 1 aliphatic rings. The molecule has 2 heterocycles. The van der Waals surface area contributed by atoms with Crippen LogP contribution in [0.1, 0.15) is 5.56 Å². The van der Waals surface area contributed by atoms with Gasteiger partial charge in [-0.3, -0.25) is 9.36 Å². The van der Waals surface area contributed by atoms with Crippen molar-refractivity contribution in [3.05, 3.63) is 59.1 Å². The average molecular weight is 429 g/mol. The summed E-state index contributed by atoms with van der Waals surface area (Å²) in [7, 11) is 0. The number of ether oxygens (including phenoxy) is 1. The number of nitrogens with zero attached hydrogens (tertiary/aromatic N) is 4. The Labute approximate surface area is 178 Å². The summed E-state index contributed by atoms with van der Waals surface area (Å²) in [5, 5.41) is 10.1. The summed E-state index contributed by atoms with van der Waals surface area (Å²) in [5.41, 5.74) is 3.04. The fourth-order valence-electron chi connectivity index (χ4n) is 3.11. The van der Waals surface area contributed by atoms with E-state index in [2.05, 4.69) is 10.2 Å². The Morgan fingerprint density at radius 2 is 1.76 bits per heavy atom. The van der Waals surface area contributed by atoms with Crippen molar-refractivity contribution in [3.8, 4) is 17.1 Å². The van der Waals surface area contributed by atoms with Crippen LogP contribution in [0.5, 0.6) is 0 Å². The van der Waals surface area contributed by atoms with Gasteiger partial charge in [-0.05, 0) is 31.2 Å². The molecule has 4 rings (SSSR count). The summed E-state index contributed by atoms with van der Waals surface area (Å²) < 4.78 is 7.29. The Morgan fingerprint density at radius 1 is 1.07 bits per heavy atom. The van der Waals surface area contributed by atoms with Gasteiger partial charge in [-0.2, -0.15) is 0 Å². The maximum absolute atomic E-state index is 12.6. The smallest absolute Gasteiger partial charge is 0.233 e. The topological polar surface area (TPSA) is 60.3 Å². The Morgan fingerprint density at radius 3 is 2.45 bits per heavy atom. The van der Waals surface area contributed by atoms with Gasteiger partial charge in [0, 0.05) is 29.4 Å². The van der Waals surface area contributed by atoms with E-state index in [-0.39, 0.29) is 5.91 Å². The molecule has 2 aromatic carbocycles. The third kappa shape index (κ3) is 4.63. The van der Waals surface area contributed by atoms with Crippen LogP contribution in [-0.2, 0) is 9.53 Å². The van der Waals surface area contributed by atoms with Crippen LogP contribution in [0.2, 0.25) is 5.02 Å². The van der Waals surface area contributed by atoms with Gasteiger partial charge >= 0.3 is 0 Å². The summed E-state index contributed by atoms with van der Waals surface area (Å²) in [5.74, 6) is 1.12. The normalized spacial score (nSPS) is 14.2. The first-order valence-corrected chi connectivity index (χ1v) is 10.7. The molecule has 0 atom stereocenters. The second kappa shape index (κ2) is 8.98. The van der Waals surface area contributed by atoms with Crippen LogP contribution in [0.25, 0.3) is 17.1 Å². The number of hydrogen-bond acceptors (Lipinski definition) is 5. The molecule has 0 spiro atoms. The van der Waals surface area contributed by atoms with Crippen molar-refractivity contribution in [1.82, 2.24) is 19.7 Å². The van der Waals surface area contributed by atoms with E-state index < -0.39 is 0 Å². The molecule has 150 valence electrons. The highest BCUT2D eigenvalue weighted by atomic mass is 35.5. The summed E-state index contributed by atoms with van der Waals surface area (Å²) in [4.78, 5) is 14.4. The maximum Gasteiger partial charge on any atom is 0.233 e. The third-order valence-corrected chi connectivity index (χ3v) is 5.88. The summed E-state index contributed by atoms with van der Waals surface area (Å²) >= 11 is 7.46. The van der Waals surface area contributed by atoms with Crippen LogP contribution in [0, 0.1) is 6.92 Å². The summed E-state index contributed by atoms with van der Waals surface area (Å²) in [6.07, 6.45) is 0. The van der Waals surface area contributed by atoms with Crippen molar-refractivity contribution in [2.24, 2.45) is 0 Å². The van der Waals surface area contributed by atoms with Gasteiger partial charge in [-0.25, -0.2) is 0 Å². The molecule has 0 aliphatic carbocycles. The molecule has 8 heteroatoms. The minimum Gasteiger partial charge on any atom is -0.378 e. The quantitative estimate of drug-likeness (QED) is 0.578. The molecule has 0 unspecified atom stereocenters. The molecule has 0 saturated carbocycles. The van der Waals surface area contributed by atoms with Gasteiger partial charge in [-0.1, -0.05) is 53.2 Å². The Kier molecular flexibility index (Phi) is 6.18. The zero-order valence-corrected chi connectivity index (χ0v) is 17.6. The number of morpholine rings is 1. The van der Waals surface area contributed by atoms with Crippen LogP contribution in [0.3, 0.4) is 0 Å². The molecular formula is C21H21ClN4O2S. The van der Waals surface area contributed by atoms with Crippen molar-refractivity contribution >= 4 is 29.3 Å². The minimum absolute atomic E-state index is 0.0841. The third-order valence-electron chi connectivity index (χ3n) is 4.72. The fourth-order valence-corrected chi connectivity index (χ4v) is 4.09. The zero-order chi connectivity index (χ0) is 20.2. The fraction of sp³-hybridized carbons (Fsp3) is 0.286. The molecule has 3 aromatic rings. The molecule has 0 radical (unpaired) electrons. The van der Waals surface area contributed by atoms with Crippen LogP contribution >= 0.6 is 23.4 Å². The summed E-state index contributed by atoms with van der Waals surface area (Å²) in [6, 6.07) is 15.7. The van der Waals surface area contributed by atoms with Gasteiger partial charge in [0.05, 0.1) is 19.0 Å². The zero-order valence-electron chi connectivity index (χ0n) is 16.0. The molecule has 1 aliphatic heterocycles. The number of hydrogen-bond donors (Lipinski definition) is 0. The van der Waals surface area contributed by atoms with Crippen LogP contribution < -0.4 is 0 Å². The predicted molar refractivity (Wildman–Crippen MR) is 115 cm³/mol. The molecule has 6 nitrogen and oxygen atoms in total. The van der Waals surface area contributed by atoms with Gasteiger partial charge in [0.2, 0.25) is 5.91 Å². The van der Waals surface area contributed by atoms with Crippen LogP contribution in [-0.4, -0.2) is 57.6 Å². The standard InChI is InChI=1S/C21H21ClN4O2S/c1-15-2-4-16(5-3-15)20-23-24-21(26(20)18-8-6-17(22)7-9-18)29-14-19(27)25-10-12-28-13-11-25/h2-9H,10-14H2,1H3. The number of benzene rings is 2.